The zero-order chi connectivity index (χ0) is 14.5. The van der Waals surface area contributed by atoms with E-state index in [9.17, 15) is 9.59 Å². The summed E-state index contributed by atoms with van der Waals surface area (Å²) in [6.07, 6.45) is 1.66. The van der Waals surface area contributed by atoms with Gasteiger partial charge in [-0.15, -0.1) is 0 Å². The molecule has 2 rings (SSSR count). The van der Waals surface area contributed by atoms with Crippen LogP contribution >= 0.6 is 0 Å². The second-order valence-corrected chi connectivity index (χ2v) is 4.59. The molecule has 5 heteroatoms. The van der Waals surface area contributed by atoms with Gasteiger partial charge in [0.05, 0.1) is 0 Å². The third kappa shape index (κ3) is 2.99. The Kier molecular flexibility index (Phi) is 4.40. The van der Waals surface area contributed by atoms with E-state index in [0.29, 0.717) is 31.0 Å². The molecule has 1 N–H and O–H groups in total. The van der Waals surface area contributed by atoms with E-state index in [0.717, 1.165) is 0 Å². The molecule has 1 fully saturated rings. The van der Waals surface area contributed by atoms with E-state index in [1.165, 1.54) is 0 Å². The summed E-state index contributed by atoms with van der Waals surface area (Å²) in [4.78, 5) is 25.5. The highest BCUT2D eigenvalue weighted by atomic mass is 16.5. The Balaban J connectivity index is 2.08. The molecule has 1 atom stereocenters. The predicted octanol–water partition coefficient (Wildman–Crippen LogP) is 1.21. The van der Waals surface area contributed by atoms with E-state index >= 15 is 0 Å². The Morgan fingerprint density at radius 1 is 1.50 bits per heavy atom. The molecule has 20 heavy (non-hydrogen) atoms. The molecular formula is C15H18N2O3. The normalized spacial score (nSPS) is 18.4. The minimum absolute atomic E-state index is 0.115. The van der Waals surface area contributed by atoms with Crippen molar-refractivity contribution in [2.75, 3.05) is 19.7 Å². The van der Waals surface area contributed by atoms with Crippen molar-refractivity contribution in [3.63, 3.8) is 0 Å². The molecule has 0 spiro atoms. The van der Waals surface area contributed by atoms with Gasteiger partial charge in [-0.25, -0.2) is 0 Å². The number of ether oxygens (including phenoxy) is 1. The first-order chi connectivity index (χ1) is 9.63. The molecule has 0 aromatic heterocycles. The van der Waals surface area contributed by atoms with Gasteiger partial charge in [-0.05, 0) is 31.2 Å². The van der Waals surface area contributed by atoms with Crippen LogP contribution in [0, 0.1) is 0 Å². The van der Waals surface area contributed by atoms with Gasteiger partial charge in [-0.2, -0.15) is 0 Å². The Morgan fingerprint density at radius 3 is 2.85 bits per heavy atom. The first kappa shape index (κ1) is 14.1. The van der Waals surface area contributed by atoms with Crippen molar-refractivity contribution in [3.8, 4) is 5.75 Å². The second kappa shape index (κ2) is 6.23. The Morgan fingerprint density at radius 2 is 2.20 bits per heavy atom. The largest absolute Gasteiger partial charge is 0.490 e. The quantitative estimate of drug-likeness (QED) is 0.840. The molecule has 0 radical (unpaired) electrons. The van der Waals surface area contributed by atoms with Crippen LogP contribution < -0.4 is 10.1 Å². The second-order valence-electron chi connectivity index (χ2n) is 4.59. The van der Waals surface area contributed by atoms with Crippen molar-refractivity contribution in [1.82, 2.24) is 10.2 Å². The van der Waals surface area contributed by atoms with Gasteiger partial charge in [0, 0.05) is 18.7 Å². The summed E-state index contributed by atoms with van der Waals surface area (Å²) in [6.45, 7) is 6.76. The third-order valence-corrected chi connectivity index (χ3v) is 3.23. The maximum Gasteiger partial charge on any atom is 0.254 e. The fraction of sp³-hybridized carbons (Fsp3) is 0.333. The molecule has 1 aliphatic rings. The molecule has 1 aromatic rings. The van der Waals surface area contributed by atoms with E-state index in [-0.39, 0.29) is 11.8 Å². The molecule has 0 aliphatic carbocycles. The number of carbonyl (C=O) groups excluding carboxylic acids is 2. The molecule has 0 saturated carbocycles. The highest BCUT2D eigenvalue weighted by Gasteiger charge is 2.29. The smallest absolute Gasteiger partial charge is 0.254 e. The highest BCUT2D eigenvalue weighted by Crippen LogP contribution is 2.16. The molecule has 5 nitrogen and oxygen atoms in total. The van der Waals surface area contributed by atoms with Gasteiger partial charge >= 0.3 is 0 Å². The van der Waals surface area contributed by atoms with Crippen LogP contribution in [0.3, 0.4) is 0 Å². The van der Waals surface area contributed by atoms with Crippen molar-refractivity contribution in [3.05, 3.63) is 42.5 Å². The number of piperazine rings is 1. The fourth-order valence-electron chi connectivity index (χ4n) is 2.07. The topological polar surface area (TPSA) is 58.6 Å². The van der Waals surface area contributed by atoms with Crippen LogP contribution in [-0.4, -0.2) is 42.5 Å². The van der Waals surface area contributed by atoms with Gasteiger partial charge < -0.3 is 15.0 Å². The van der Waals surface area contributed by atoms with Crippen molar-refractivity contribution in [1.29, 1.82) is 0 Å². The third-order valence-electron chi connectivity index (χ3n) is 3.23. The summed E-state index contributed by atoms with van der Waals surface area (Å²) in [5.41, 5.74) is 0.553. The summed E-state index contributed by atoms with van der Waals surface area (Å²) < 4.78 is 5.37. The first-order valence-electron chi connectivity index (χ1n) is 6.56. The lowest BCUT2D eigenvalue weighted by Crippen LogP contribution is -2.55. The number of benzene rings is 1. The molecule has 1 saturated heterocycles. The molecule has 106 valence electrons. The van der Waals surface area contributed by atoms with Gasteiger partial charge in [-0.1, -0.05) is 12.7 Å². The van der Waals surface area contributed by atoms with E-state index in [2.05, 4.69) is 11.9 Å². The Labute approximate surface area is 118 Å². The molecule has 2 amide bonds. The summed E-state index contributed by atoms with van der Waals surface area (Å²) in [5.74, 6) is 0.434. The molecule has 0 bridgehead atoms. The number of nitrogens with one attached hydrogen (secondary N) is 1. The minimum Gasteiger partial charge on any atom is -0.490 e. The van der Waals surface area contributed by atoms with Gasteiger partial charge in [0.25, 0.3) is 5.91 Å². The van der Waals surface area contributed by atoms with E-state index in [4.69, 9.17) is 4.74 Å². The summed E-state index contributed by atoms with van der Waals surface area (Å²) in [6, 6.07) is 6.46. The summed E-state index contributed by atoms with van der Waals surface area (Å²) in [7, 11) is 0. The molecule has 1 aromatic carbocycles. The van der Waals surface area contributed by atoms with Gasteiger partial charge in [0.15, 0.2) is 0 Å². The lowest BCUT2D eigenvalue weighted by Gasteiger charge is -2.32. The fourth-order valence-corrected chi connectivity index (χ4v) is 2.07. The average Bonchev–Trinajstić information content (AvgIpc) is 2.48. The van der Waals surface area contributed by atoms with Crippen LogP contribution in [0.15, 0.2) is 36.9 Å². The lowest BCUT2D eigenvalue weighted by molar-refractivity contribution is -0.127. The molecular weight excluding hydrogens is 256 g/mol. The van der Waals surface area contributed by atoms with Crippen molar-refractivity contribution in [2.45, 2.75) is 13.0 Å². The predicted molar refractivity (Wildman–Crippen MR) is 75.6 cm³/mol. The summed E-state index contributed by atoms with van der Waals surface area (Å²) in [5, 5.41) is 2.74. The van der Waals surface area contributed by atoms with E-state index in [1.807, 2.05) is 0 Å². The zero-order valence-corrected chi connectivity index (χ0v) is 11.5. The summed E-state index contributed by atoms with van der Waals surface area (Å²) >= 11 is 0. The standard InChI is InChI=1S/C15H18N2O3/c1-3-10-20-13-6-4-12(5-7-13)15(19)17-9-8-16-14(18)11(17)2/h3-7,11H,1,8-10H2,2H3,(H,16,18). The van der Waals surface area contributed by atoms with Gasteiger partial charge in [0.1, 0.15) is 18.4 Å². The highest BCUT2D eigenvalue weighted by molar-refractivity contribution is 5.98. The average molecular weight is 274 g/mol. The van der Waals surface area contributed by atoms with Crippen molar-refractivity contribution in [2.24, 2.45) is 0 Å². The monoisotopic (exact) mass is 274 g/mol. The van der Waals surface area contributed by atoms with E-state index in [1.54, 1.807) is 42.2 Å². The Bertz CT molecular complexity index is 510. The minimum atomic E-state index is -0.437. The lowest BCUT2D eigenvalue weighted by atomic mass is 10.1. The van der Waals surface area contributed by atoms with Gasteiger partial charge in [0.2, 0.25) is 5.91 Å². The number of carbonyl (C=O) groups is 2. The van der Waals surface area contributed by atoms with Crippen LogP contribution in [0.1, 0.15) is 17.3 Å². The van der Waals surface area contributed by atoms with Crippen LogP contribution in [0.2, 0.25) is 0 Å². The van der Waals surface area contributed by atoms with E-state index < -0.39 is 6.04 Å². The maximum absolute atomic E-state index is 12.4. The van der Waals surface area contributed by atoms with Crippen LogP contribution in [-0.2, 0) is 4.79 Å². The number of hydrogen-bond donors (Lipinski definition) is 1. The van der Waals surface area contributed by atoms with Crippen LogP contribution in [0.25, 0.3) is 0 Å². The molecule has 1 unspecified atom stereocenters. The Hall–Kier alpha value is -2.30. The number of rotatable bonds is 4. The van der Waals surface area contributed by atoms with Crippen molar-refractivity contribution < 1.29 is 14.3 Å². The molecule has 1 aliphatic heterocycles. The van der Waals surface area contributed by atoms with Crippen LogP contribution in [0.5, 0.6) is 5.75 Å². The maximum atomic E-state index is 12.4. The number of hydrogen-bond acceptors (Lipinski definition) is 3. The molecule has 1 heterocycles. The number of nitrogens with zero attached hydrogens (tertiary/aromatic N) is 1. The first-order valence-corrected chi connectivity index (χ1v) is 6.56. The number of amides is 2. The van der Waals surface area contributed by atoms with Gasteiger partial charge in [-0.3, -0.25) is 9.59 Å². The van der Waals surface area contributed by atoms with Crippen molar-refractivity contribution >= 4 is 11.8 Å². The zero-order valence-electron chi connectivity index (χ0n) is 11.5. The van der Waals surface area contributed by atoms with Crippen LogP contribution in [0.4, 0.5) is 0 Å². The SMILES string of the molecule is C=CCOc1ccc(C(=O)N2CCNC(=O)C2C)cc1.